The average Bonchev–Trinajstić information content (AvgIpc) is 2.40. The van der Waals surface area contributed by atoms with Crippen LogP contribution in [0.2, 0.25) is 5.02 Å². The lowest BCUT2D eigenvalue weighted by Gasteiger charge is -2.13. The van der Waals surface area contributed by atoms with Gasteiger partial charge in [-0.1, -0.05) is 17.7 Å². The van der Waals surface area contributed by atoms with Crippen LogP contribution in [0, 0.1) is 5.82 Å². The molecule has 0 bridgehead atoms. The van der Waals surface area contributed by atoms with E-state index < -0.39 is 0 Å². The second-order valence-electron chi connectivity index (χ2n) is 3.66. The summed E-state index contributed by atoms with van der Waals surface area (Å²) in [6.45, 7) is 0. The molecule has 0 saturated carbocycles. The summed E-state index contributed by atoms with van der Waals surface area (Å²) in [5, 5.41) is 0.458. The van der Waals surface area contributed by atoms with Crippen molar-refractivity contribution in [2.45, 2.75) is 0 Å². The van der Waals surface area contributed by atoms with Crippen LogP contribution in [0.4, 0.5) is 4.39 Å². The molecule has 0 aromatic heterocycles. The maximum absolute atomic E-state index is 13.9. The number of hydrogen-bond acceptors (Lipinski definition) is 2. The fourth-order valence-electron chi connectivity index (χ4n) is 1.81. The van der Waals surface area contributed by atoms with Gasteiger partial charge in [0, 0.05) is 10.6 Å². The molecule has 0 saturated heterocycles. The quantitative estimate of drug-likeness (QED) is 0.830. The molecule has 0 amide bonds. The van der Waals surface area contributed by atoms with E-state index in [-0.39, 0.29) is 5.82 Å². The van der Waals surface area contributed by atoms with Crippen molar-refractivity contribution in [3.8, 4) is 22.6 Å². The van der Waals surface area contributed by atoms with Crippen LogP contribution in [-0.4, -0.2) is 14.2 Å². The zero-order chi connectivity index (χ0) is 13.1. The summed E-state index contributed by atoms with van der Waals surface area (Å²) >= 11 is 5.91. The molecule has 0 aliphatic carbocycles. The highest BCUT2D eigenvalue weighted by Crippen LogP contribution is 2.40. The Morgan fingerprint density at radius 1 is 1.00 bits per heavy atom. The monoisotopic (exact) mass is 266 g/mol. The van der Waals surface area contributed by atoms with Crippen molar-refractivity contribution in [1.82, 2.24) is 0 Å². The Hall–Kier alpha value is -1.74. The fraction of sp³-hybridized carbons (Fsp3) is 0.143. The van der Waals surface area contributed by atoms with E-state index in [4.69, 9.17) is 21.1 Å². The smallest absolute Gasteiger partial charge is 0.131 e. The molecule has 0 spiro atoms. The minimum Gasteiger partial charge on any atom is -0.496 e. The van der Waals surface area contributed by atoms with Gasteiger partial charge in [0.15, 0.2) is 0 Å². The summed E-state index contributed by atoms with van der Waals surface area (Å²) < 4.78 is 24.4. The largest absolute Gasteiger partial charge is 0.496 e. The molecule has 18 heavy (non-hydrogen) atoms. The predicted molar refractivity (Wildman–Crippen MR) is 70.0 cm³/mol. The first kappa shape index (κ1) is 12.7. The lowest BCUT2D eigenvalue weighted by molar-refractivity contribution is 0.397. The lowest BCUT2D eigenvalue weighted by atomic mass is 10.0. The molecule has 0 fully saturated rings. The first-order valence-corrected chi connectivity index (χ1v) is 5.71. The van der Waals surface area contributed by atoms with Crippen LogP contribution in [0.5, 0.6) is 11.5 Å². The van der Waals surface area contributed by atoms with E-state index in [2.05, 4.69) is 0 Å². The molecule has 2 rings (SSSR count). The third-order valence-electron chi connectivity index (χ3n) is 2.63. The fourth-order valence-corrected chi connectivity index (χ4v) is 1.98. The number of hydrogen-bond donors (Lipinski definition) is 0. The number of methoxy groups -OCH3 is 2. The summed E-state index contributed by atoms with van der Waals surface area (Å²) in [5.74, 6) is 0.702. The minimum atomic E-state index is -0.373. The second kappa shape index (κ2) is 5.27. The van der Waals surface area contributed by atoms with Gasteiger partial charge >= 0.3 is 0 Å². The molecule has 0 radical (unpaired) electrons. The van der Waals surface area contributed by atoms with E-state index in [0.29, 0.717) is 27.6 Å². The first-order chi connectivity index (χ1) is 8.67. The predicted octanol–water partition coefficient (Wildman–Crippen LogP) is 4.16. The molecular formula is C14H12ClFO2. The van der Waals surface area contributed by atoms with E-state index in [1.54, 1.807) is 24.3 Å². The van der Waals surface area contributed by atoms with Gasteiger partial charge in [0.25, 0.3) is 0 Å². The van der Waals surface area contributed by atoms with Crippen molar-refractivity contribution in [1.29, 1.82) is 0 Å². The topological polar surface area (TPSA) is 18.5 Å². The van der Waals surface area contributed by atoms with Gasteiger partial charge in [-0.25, -0.2) is 4.39 Å². The van der Waals surface area contributed by atoms with Crippen LogP contribution in [0.15, 0.2) is 36.4 Å². The van der Waals surface area contributed by atoms with E-state index in [1.807, 2.05) is 0 Å². The number of halogens is 2. The van der Waals surface area contributed by atoms with E-state index in [1.165, 1.54) is 26.4 Å². The van der Waals surface area contributed by atoms with Crippen LogP contribution in [-0.2, 0) is 0 Å². The first-order valence-electron chi connectivity index (χ1n) is 5.33. The molecule has 4 heteroatoms. The maximum atomic E-state index is 13.9. The standard InChI is InChI=1S/C14H12ClFO2/c1-17-12-4-3-5-13(18-2)14(12)10-8-9(15)6-7-11(10)16/h3-8H,1-2H3. The molecule has 0 unspecified atom stereocenters. The van der Waals surface area contributed by atoms with Gasteiger partial charge in [-0.15, -0.1) is 0 Å². The molecule has 2 aromatic carbocycles. The van der Waals surface area contributed by atoms with Gasteiger partial charge in [-0.2, -0.15) is 0 Å². The number of rotatable bonds is 3. The van der Waals surface area contributed by atoms with Crippen molar-refractivity contribution in [3.63, 3.8) is 0 Å². The van der Waals surface area contributed by atoms with E-state index >= 15 is 0 Å². The summed E-state index contributed by atoms with van der Waals surface area (Å²) in [7, 11) is 3.06. The van der Waals surface area contributed by atoms with Crippen molar-refractivity contribution < 1.29 is 13.9 Å². The molecule has 0 heterocycles. The van der Waals surface area contributed by atoms with Gasteiger partial charge < -0.3 is 9.47 Å². The Morgan fingerprint density at radius 2 is 1.61 bits per heavy atom. The van der Waals surface area contributed by atoms with Gasteiger partial charge in [0.2, 0.25) is 0 Å². The molecule has 0 N–H and O–H groups in total. The van der Waals surface area contributed by atoms with Gasteiger partial charge in [0.05, 0.1) is 19.8 Å². The maximum Gasteiger partial charge on any atom is 0.131 e. The molecule has 0 aliphatic heterocycles. The molecular weight excluding hydrogens is 255 g/mol. The van der Waals surface area contributed by atoms with Gasteiger partial charge in [-0.05, 0) is 30.3 Å². The zero-order valence-corrected chi connectivity index (χ0v) is 10.8. The van der Waals surface area contributed by atoms with Crippen molar-refractivity contribution in [2.24, 2.45) is 0 Å². The van der Waals surface area contributed by atoms with Crippen LogP contribution >= 0.6 is 11.6 Å². The van der Waals surface area contributed by atoms with Crippen LogP contribution < -0.4 is 9.47 Å². The third kappa shape index (κ3) is 2.27. The molecule has 0 atom stereocenters. The zero-order valence-electron chi connectivity index (χ0n) is 10.0. The number of ether oxygens (including phenoxy) is 2. The van der Waals surface area contributed by atoms with Crippen LogP contribution in [0.1, 0.15) is 0 Å². The Kier molecular flexibility index (Phi) is 3.72. The Bertz CT molecular complexity index is 547. The van der Waals surface area contributed by atoms with E-state index in [0.717, 1.165) is 0 Å². The Balaban J connectivity index is 2.72. The summed E-state index contributed by atoms with van der Waals surface area (Å²) in [6, 6.07) is 9.66. The van der Waals surface area contributed by atoms with E-state index in [9.17, 15) is 4.39 Å². The highest BCUT2D eigenvalue weighted by molar-refractivity contribution is 6.30. The molecule has 2 aromatic rings. The summed E-state index contributed by atoms with van der Waals surface area (Å²) in [6.07, 6.45) is 0. The molecule has 0 aliphatic rings. The second-order valence-corrected chi connectivity index (χ2v) is 4.10. The number of benzene rings is 2. The van der Waals surface area contributed by atoms with Gasteiger partial charge in [0.1, 0.15) is 17.3 Å². The van der Waals surface area contributed by atoms with Crippen molar-refractivity contribution in [2.75, 3.05) is 14.2 Å². The Morgan fingerprint density at radius 3 is 2.17 bits per heavy atom. The minimum absolute atomic E-state index is 0.358. The molecule has 2 nitrogen and oxygen atoms in total. The highest BCUT2D eigenvalue weighted by atomic mass is 35.5. The summed E-state index contributed by atoms with van der Waals surface area (Å²) in [4.78, 5) is 0. The molecule has 94 valence electrons. The normalized spacial score (nSPS) is 10.2. The lowest BCUT2D eigenvalue weighted by Crippen LogP contribution is -1.94. The van der Waals surface area contributed by atoms with Crippen LogP contribution in [0.3, 0.4) is 0 Å². The highest BCUT2D eigenvalue weighted by Gasteiger charge is 2.16. The van der Waals surface area contributed by atoms with Gasteiger partial charge in [-0.3, -0.25) is 0 Å². The SMILES string of the molecule is COc1cccc(OC)c1-c1cc(Cl)ccc1F. The summed E-state index contributed by atoms with van der Waals surface area (Å²) in [5.41, 5.74) is 0.916. The van der Waals surface area contributed by atoms with Crippen molar-refractivity contribution >= 4 is 11.6 Å². The van der Waals surface area contributed by atoms with Crippen LogP contribution in [0.25, 0.3) is 11.1 Å². The average molecular weight is 267 g/mol. The Labute approximate surface area is 110 Å². The third-order valence-corrected chi connectivity index (χ3v) is 2.86. The van der Waals surface area contributed by atoms with Crippen molar-refractivity contribution in [3.05, 3.63) is 47.2 Å².